The van der Waals surface area contributed by atoms with Gasteiger partial charge in [-0.05, 0) is 48.0 Å². The van der Waals surface area contributed by atoms with Gasteiger partial charge in [-0.25, -0.2) is 0 Å². The summed E-state index contributed by atoms with van der Waals surface area (Å²) in [6.07, 6.45) is 0. The molecule has 24 heavy (non-hydrogen) atoms. The third kappa shape index (κ3) is 2.58. The Balaban J connectivity index is 1.81. The predicted octanol–water partition coefficient (Wildman–Crippen LogP) is 4.16. The molecule has 0 aliphatic carbocycles. The number of phenols is 2. The zero-order valence-corrected chi connectivity index (χ0v) is 12.9. The summed E-state index contributed by atoms with van der Waals surface area (Å²) < 4.78 is 1.96. The summed E-state index contributed by atoms with van der Waals surface area (Å²) in [6.45, 7) is 0.624. The summed E-state index contributed by atoms with van der Waals surface area (Å²) in [7, 11) is 0. The molecule has 1 aromatic heterocycles. The Morgan fingerprint density at radius 1 is 0.750 bits per heavy atom. The van der Waals surface area contributed by atoms with Gasteiger partial charge in [-0.2, -0.15) is 5.10 Å². The Hall–Kier alpha value is -3.27. The van der Waals surface area contributed by atoms with Crippen molar-refractivity contribution < 1.29 is 10.2 Å². The van der Waals surface area contributed by atoms with E-state index in [2.05, 4.69) is 6.07 Å². The first-order chi connectivity index (χ1) is 11.7. The van der Waals surface area contributed by atoms with Crippen LogP contribution in [0, 0.1) is 0 Å². The molecule has 0 fully saturated rings. The van der Waals surface area contributed by atoms with Crippen molar-refractivity contribution in [1.82, 2.24) is 9.78 Å². The van der Waals surface area contributed by atoms with Crippen LogP contribution in [-0.2, 0) is 6.54 Å². The normalized spacial score (nSPS) is 11.0. The van der Waals surface area contributed by atoms with Gasteiger partial charge < -0.3 is 10.2 Å². The highest BCUT2D eigenvalue weighted by atomic mass is 16.3. The molecule has 0 unspecified atom stereocenters. The van der Waals surface area contributed by atoms with E-state index in [0.29, 0.717) is 6.54 Å². The fourth-order valence-electron chi connectivity index (χ4n) is 2.85. The molecule has 0 aliphatic heterocycles. The summed E-state index contributed by atoms with van der Waals surface area (Å²) >= 11 is 0. The van der Waals surface area contributed by atoms with Crippen molar-refractivity contribution in [1.29, 1.82) is 0 Å². The molecule has 0 saturated heterocycles. The second-order valence-corrected chi connectivity index (χ2v) is 5.74. The van der Waals surface area contributed by atoms with Crippen LogP contribution in [0.2, 0.25) is 0 Å². The minimum absolute atomic E-state index is 0.242. The van der Waals surface area contributed by atoms with Crippen LogP contribution in [0.3, 0.4) is 0 Å². The van der Waals surface area contributed by atoms with E-state index in [1.165, 1.54) is 0 Å². The van der Waals surface area contributed by atoms with Crippen molar-refractivity contribution >= 4 is 10.9 Å². The maximum Gasteiger partial charge on any atom is 0.115 e. The van der Waals surface area contributed by atoms with E-state index in [1.54, 1.807) is 24.3 Å². The zero-order chi connectivity index (χ0) is 16.5. The van der Waals surface area contributed by atoms with Crippen molar-refractivity contribution in [3.63, 3.8) is 0 Å². The van der Waals surface area contributed by atoms with Gasteiger partial charge in [0.2, 0.25) is 0 Å². The standard InChI is InChI=1S/C20H16N2O2/c23-16-9-5-14(6-10-16)13-22-19-4-2-1-3-18(19)20(21-22)15-7-11-17(24)12-8-15/h1-12,23-24H,13H2. The monoisotopic (exact) mass is 316 g/mol. The van der Waals surface area contributed by atoms with Gasteiger partial charge in [-0.15, -0.1) is 0 Å². The van der Waals surface area contributed by atoms with Crippen LogP contribution in [0.25, 0.3) is 22.2 Å². The molecule has 1 heterocycles. The average molecular weight is 316 g/mol. The molecular formula is C20H16N2O2. The number of aromatic nitrogens is 2. The van der Waals surface area contributed by atoms with Crippen molar-refractivity contribution in [3.8, 4) is 22.8 Å². The molecule has 3 aromatic carbocycles. The third-order valence-electron chi connectivity index (χ3n) is 4.07. The number of para-hydroxylation sites is 1. The van der Waals surface area contributed by atoms with Crippen molar-refractivity contribution in [2.45, 2.75) is 6.54 Å². The smallest absolute Gasteiger partial charge is 0.115 e. The topological polar surface area (TPSA) is 58.3 Å². The maximum absolute atomic E-state index is 9.49. The van der Waals surface area contributed by atoms with Gasteiger partial charge in [0.25, 0.3) is 0 Å². The number of hydrogen-bond donors (Lipinski definition) is 2. The van der Waals surface area contributed by atoms with Gasteiger partial charge in [0.15, 0.2) is 0 Å². The van der Waals surface area contributed by atoms with Gasteiger partial charge in [0, 0.05) is 10.9 Å². The van der Waals surface area contributed by atoms with E-state index in [4.69, 9.17) is 5.10 Å². The third-order valence-corrected chi connectivity index (χ3v) is 4.07. The molecule has 0 bridgehead atoms. The number of hydrogen-bond acceptors (Lipinski definition) is 3. The van der Waals surface area contributed by atoms with E-state index in [9.17, 15) is 10.2 Å². The van der Waals surface area contributed by atoms with Crippen molar-refractivity contribution in [3.05, 3.63) is 78.4 Å². The summed E-state index contributed by atoms with van der Waals surface area (Å²) in [6, 6.07) is 22.3. The van der Waals surface area contributed by atoms with Crippen molar-refractivity contribution in [2.24, 2.45) is 0 Å². The Kier molecular flexibility index (Phi) is 3.43. The lowest BCUT2D eigenvalue weighted by molar-refractivity contribution is 0.474. The molecule has 0 spiro atoms. The molecule has 4 rings (SSSR count). The molecule has 0 aliphatic rings. The molecule has 4 heteroatoms. The van der Waals surface area contributed by atoms with Gasteiger partial charge in [0.05, 0.1) is 12.1 Å². The number of phenolic OH excluding ortho intramolecular Hbond substituents is 2. The van der Waals surface area contributed by atoms with Gasteiger partial charge in [0.1, 0.15) is 17.2 Å². The molecule has 0 saturated carbocycles. The van der Waals surface area contributed by atoms with E-state index >= 15 is 0 Å². The number of aromatic hydroxyl groups is 2. The van der Waals surface area contributed by atoms with Gasteiger partial charge >= 0.3 is 0 Å². The largest absolute Gasteiger partial charge is 0.508 e. The fourth-order valence-corrected chi connectivity index (χ4v) is 2.85. The van der Waals surface area contributed by atoms with Crippen LogP contribution < -0.4 is 0 Å². The number of fused-ring (bicyclic) bond motifs is 1. The Bertz CT molecular complexity index is 987. The lowest BCUT2D eigenvalue weighted by Crippen LogP contribution is -2.01. The first kappa shape index (κ1) is 14.3. The summed E-state index contributed by atoms with van der Waals surface area (Å²) in [5, 5.41) is 24.8. The number of benzene rings is 3. The molecule has 4 aromatic rings. The highest BCUT2D eigenvalue weighted by Gasteiger charge is 2.12. The van der Waals surface area contributed by atoms with Gasteiger partial charge in [-0.3, -0.25) is 4.68 Å². The van der Waals surface area contributed by atoms with Crippen LogP contribution in [0.4, 0.5) is 0 Å². The van der Waals surface area contributed by atoms with Gasteiger partial charge in [-0.1, -0.05) is 30.3 Å². The average Bonchev–Trinajstić information content (AvgIpc) is 2.97. The first-order valence-electron chi connectivity index (χ1n) is 7.73. The Labute approximate surface area is 139 Å². The summed E-state index contributed by atoms with van der Waals surface area (Å²) in [5.41, 5.74) is 3.98. The minimum Gasteiger partial charge on any atom is -0.508 e. The second-order valence-electron chi connectivity index (χ2n) is 5.74. The number of nitrogens with zero attached hydrogens (tertiary/aromatic N) is 2. The highest BCUT2D eigenvalue weighted by molar-refractivity contribution is 5.93. The van der Waals surface area contributed by atoms with Crippen LogP contribution in [0.15, 0.2) is 72.8 Å². The van der Waals surface area contributed by atoms with E-state index < -0.39 is 0 Å². The molecule has 0 radical (unpaired) electrons. The van der Waals surface area contributed by atoms with Crippen LogP contribution in [0.1, 0.15) is 5.56 Å². The van der Waals surface area contributed by atoms with E-state index in [1.807, 2.05) is 47.1 Å². The quantitative estimate of drug-likeness (QED) is 0.596. The molecule has 0 atom stereocenters. The zero-order valence-electron chi connectivity index (χ0n) is 12.9. The first-order valence-corrected chi connectivity index (χ1v) is 7.73. The SMILES string of the molecule is Oc1ccc(Cn2nc(-c3ccc(O)cc3)c3ccccc32)cc1. The molecule has 4 nitrogen and oxygen atoms in total. The van der Waals surface area contributed by atoms with Crippen molar-refractivity contribution in [2.75, 3.05) is 0 Å². The fraction of sp³-hybridized carbons (Fsp3) is 0.0500. The van der Waals surface area contributed by atoms with Crippen LogP contribution >= 0.6 is 0 Å². The number of rotatable bonds is 3. The van der Waals surface area contributed by atoms with Crippen LogP contribution in [0.5, 0.6) is 11.5 Å². The molecule has 2 N–H and O–H groups in total. The minimum atomic E-state index is 0.242. The Morgan fingerprint density at radius 2 is 1.38 bits per heavy atom. The summed E-state index contributed by atoms with van der Waals surface area (Å²) in [5.74, 6) is 0.500. The lowest BCUT2D eigenvalue weighted by atomic mass is 10.1. The molecule has 118 valence electrons. The highest BCUT2D eigenvalue weighted by Crippen LogP contribution is 2.29. The maximum atomic E-state index is 9.49. The summed E-state index contributed by atoms with van der Waals surface area (Å²) in [4.78, 5) is 0. The lowest BCUT2D eigenvalue weighted by Gasteiger charge is -2.04. The van der Waals surface area contributed by atoms with E-state index in [0.717, 1.165) is 27.7 Å². The van der Waals surface area contributed by atoms with Crippen LogP contribution in [-0.4, -0.2) is 20.0 Å². The predicted molar refractivity (Wildman–Crippen MR) is 94.0 cm³/mol. The second kappa shape index (κ2) is 5.74. The molecular weight excluding hydrogens is 300 g/mol. The Morgan fingerprint density at radius 3 is 2.08 bits per heavy atom. The van der Waals surface area contributed by atoms with E-state index in [-0.39, 0.29) is 11.5 Å². The molecule has 0 amide bonds.